The minimum Gasteiger partial charge on any atom is -0.465 e. The summed E-state index contributed by atoms with van der Waals surface area (Å²) in [5.41, 5.74) is -0.723. The number of benzene rings is 1. The topological polar surface area (TPSA) is 69.4 Å². The maximum absolute atomic E-state index is 12.0. The van der Waals surface area contributed by atoms with Crippen LogP contribution in [0.3, 0.4) is 0 Å². The molecule has 0 aliphatic rings. The Kier molecular flexibility index (Phi) is 5.27. The molecule has 5 nitrogen and oxygen atoms in total. The highest BCUT2D eigenvalue weighted by molar-refractivity contribution is 6.30. The van der Waals surface area contributed by atoms with Crippen molar-refractivity contribution in [2.45, 2.75) is 20.3 Å². The molecule has 0 saturated carbocycles. The van der Waals surface area contributed by atoms with Crippen LogP contribution >= 0.6 is 11.6 Å². The van der Waals surface area contributed by atoms with Crippen molar-refractivity contribution in [1.29, 1.82) is 0 Å². The number of nitro benzene ring substituents is 1. The average Bonchev–Trinajstić information content (AvgIpc) is 2.40. The molecule has 0 saturated heterocycles. The molecule has 0 radical (unpaired) electrons. The van der Waals surface area contributed by atoms with Crippen molar-refractivity contribution >= 4 is 23.3 Å². The molecule has 0 aromatic heterocycles. The van der Waals surface area contributed by atoms with E-state index in [0.29, 0.717) is 5.56 Å². The second-order valence-electron chi connectivity index (χ2n) is 4.55. The van der Waals surface area contributed by atoms with Gasteiger partial charge in [-0.3, -0.25) is 14.9 Å². The largest absolute Gasteiger partial charge is 0.465 e. The van der Waals surface area contributed by atoms with Gasteiger partial charge in [0.25, 0.3) is 5.69 Å². The first-order chi connectivity index (χ1) is 9.34. The van der Waals surface area contributed by atoms with Gasteiger partial charge in [-0.2, -0.15) is 0 Å². The van der Waals surface area contributed by atoms with E-state index in [1.807, 2.05) is 0 Å². The number of hydrogen-bond donors (Lipinski definition) is 0. The summed E-state index contributed by atoms with van der Waals surface area (Å²) < 4.78 is 4.99. The van der Waals surface area contributed by atoms with Gasteiger partial charge in [0.05, 0.1) is 16.9 Å². The SMILES string of the molecule is C=CC(C)(Cc1ccc(Cl)cc1[N+](=O)[O-])C(=O)OCC. The van der Waals surface area contributed by atoms with E-state index in [1.54, 1.807) is 26.0 Å². The number of rotatable bonds is 6. The van der Waals surface area contributed by atoms with Crippen LogP contribution in [0.4, 0.5) is 5.69 Å². The monoisotopic (exact) mass is 297 g/mol. The molecule has 0 fully saturated rings. The smallest absolute Gasteiger partial charge is 0.315 e. The Morgan fingerprint density at radius 2 is 2.25 bits per heavy atom. The summed E-state index contributed by atoms with van der Waals surface area (Å²) in [7, 11) is 0. The van der Waals surface area contributed by atoms with Gasteiger partial charge in [0.1, 0.15) is 0 Å². The summed E-state index contributed by atoms with van der Waals surface area (Å²) in [4.78, 5) is 22.5. The van der Waals surface area contributed by atoms with Gasteiger partial charge in [-0.25, -0.2) is 0 Å². The van der Waals surface area contributed by atoms with Crippen molar-refractivity contribution in [3.8, 4) is 0 Å². The lowest BCUT2D eigenvalue weighted by atomic mass is 9.83. The molecular formula is C14H16ClNO4. The van der Waals surface area contributed by atoms with Gasteiger partial charge in [-0.05, 0) is 26.3 Å². The van der Waals surface area contributed by atoms with Crippen LogP contribution in [0.1, 0.15) is 19.4 Å². The van der Waals surface area contributed by atoms with E-state index < -0.39 is 16.3 Å². The lowest BCUT2D eigenvalue weighted by Gasteiger charge is -2.23. The molecule has 6 heteroatoms. The first-order valence-corrected chi connectivity index (χ1v) is 6.45. The van der Waals surface area contributed by atoms with Crippen LogP contribution in [0.2, 0.25) is 5.02 Å². The number of carbonyl (C=O) groups excluding carboxylic acids is 1. The number of nitro groups is 1. The molecule has 1 unspecified atom stereocenters. The van der Waals surface area contributed by atoms with Crippen LogP contribution in [0.25, 0.3) is 0 Å². The van der Waals surface area contributed by atoms with E-state index in [1.165, 1.54) is 12.1 Å². The molecule has 0 bridgehead atoms. The Morgan fingerprint density at radius 1 is 1.60 bits per heavy atom. The van der Waals surface area contributed by atoms with E-state index in [0.717, 1.165) is 0 Å². The molecule has 108 valence electrons. The Bertz CT molecular complexity index is 544. The summed E-state index contributed by atoms with van der Waals surface area (Å²) in [6.45, 7) is 7.20. The number of ether oxygens (including phenoxy) is 1. The highest BCUT2D eigenvalue weighted by atomic mass is 35.5. The van der Waals surface area contributed by atoms with Crippen LogP contribution in [0.5, 0.6) is 0 Å². The van der Waals surface area contributed by atoms with E-state index in [4.69, 9.17) is 16.3 Å². The van der Waals surface area contributed by atoms with Crippen molar-refractivity contribution < 1.29 is 14.5 Å². The van der Waals surface area contributed by atoms with Gasteiger partial charge < -0.3 is 4.74 Å². The van der Waals surface area contributed by atoms with Crippen LogP contribution in [-0.4, -0.2) is 17.5 Å². The first-order valence-electron chi connectivity index (χ1n) is 6.07. The lowest BCUT2D eigenvalue weighted by molar-refractivity contribution is -0.385. The fraction of sp³-hybridized carbons (Fsp3) is 0.357. The van der Waals surface area contributed by atoms with Crippen molar-refractivity contribution in [3.63, 3.8) is 0 Å². The summed E-state index contributed by atoms with van der Waals surface area (Å²) in [6.07, 6.45) is 1.58. The summed E-state index contributed by atoms with van der Waals surface area (Å²) in [5.74, 6) is -0.459. The second kappa shape index (κ2) is 6.52. The van der Waals surface area contributed by atoms with Gasteiger partial charge in [0.2, 0.25) is 0 Å². The van der Waals surface area contributed by atoms with Gasteiger partial charge in [0.15, 0.2) is 0 Å². The van der Waals surface area contributed by atoms with Crippen molar-refractivity contribution in [2.75, 3.05) is 6.61 Å². The number of hydrogen-bond acceptors (Lipinski definition) is 4. The van der Waals surface area contributed by atoms with E-state index in [2.05, 4.69) is 6.58 Å². The lowest BCUT2D eigenvalue weighted by Crippen LogP contribution is -2.30. The molecule has 0 amide bonds. The molecule has 0 N–H and O–H groups in total. The van der Waals surface area contributed by atoms with Gasteiger partial charge in [-0.15, -0.1) is 6.58 Å². The minimum atomic E-state index is -1.02. The minimum absolute atomic E-state index is 0.116. The van der Waals surface area contributed by atoms with Crippen molar-refractivity contribution in [3.05, 3.63) is 51.6 Å². The molecule has 0 spiro atoms. The molecule has 0 heterocycles. The zero-order valence-corrected chi connectivity index (χ0v) is 12.1. The number of esters is 1. The Labute approximate surface area is 122 Å². The van der Waals surface area contributed by atoms with E-state index in [-0.39, 0.29) is 23.7 Å². The maximum Gasteiger partial charge on any atom is 0.315 e. The normalized spacial score (nSPS) is 13.3. The molecule has 0 aliphatic heterocycles. The quantitative estimate of drug-likeness (QED) is 0.348. The van der Waals surface area contributed by atoms with Crippen molar-refractivity contribution in [1.82, 2.24) is 0 Å². The molecule has 20 heavy (non-hydrogen) atoms. The molecule has 1 aromatic carbocycles. The van der Waals surface area contributed by atoms with E-state index >= 15 is 0 Å². The zero-order chi connectivity index (χ0) is 15.3. The summed E-state index contributed by atoms with van der Waals surface area (Å²) in [5, 5.41) is 11.3. The van der Waals surface area contributed by atoms with Gasteiger partial charge >= 0.3 is 5.97 Å². The standard InChI is InChI=1S/C14H16ClNO4/c1-4-14(3,13(17)20-5-2)9-10-6-7-11(15)8-12(10)16(18)19/h4,6-8H,1,5,9H2,2-3H3. The predicted octanol–water partition coefficient (Wildman–Crippen LogP) is 3.55. The summed E-state index contributed by atoms with van der Waals surface area (Å²) >= 11 is 5.76. The Hall–Kier alpha value is -1.88. The third-order valence-electron chi connectivity index (χ3n) is 2.99. The predicted molar refractivity (Wildman–Crippen MR) is 76.7 cm³/mol. The van der Waals surface area contributed by atoms with E-state index in [9.17, 15) is 14.9 Å². The zero-order valence-electron chi connectivity index (χ0n) is 11.4. The highest BCUT2D eigenvalue weighted by Gasteiger charge is 2.34. The third kappa shape index (κ3) is 3.57. The fourth-order valence-electron chi connectivity index (χ4n) is 1.78. The van der Waals surface area contributed by atoms with Crippen LogP contribution < -0.4 is 0 Å². The molecule has 1 aromatic rings. The third-order valence-corrected chi connectivity index (χ3v) is 3.23. The van der Waals surface area contributed by atoms with Crippen LogP contribution in [0.15, 0.2) is 30.9 Å². The Balaban J connectivity index is 3.16. The second-order valence-corrected chi connectivity index (χ2v) is 4.99. The Morgan fingerprint density at radius 3 is 2.75 bits per heavy atom. The molecular weight excluding hydrogens is 282 g/mol. The number of carbonyl (C=O) groups is 1. The highest BCUT2D eigenvalue weighted by Crippen LogP contribution is 2.32. The number of halogens is 1. The van der Waals surface area contributed by atoms with Crippen molar-refractivity contribution in [2.24, 2.45) is 5.41 Å². The first kappa shape index (κ1) is 16.2. The van der Waals surface area contributed by atoms with Crippen LogP contribution in [0, 0.1) is 15.5 Å². The average molecular weight is 298 g/mol. The molecule has 0 aliphatic carbocycles. The number of nitrogens with zero attached hydrogens (tertiary/aromatic N) is 1. The summed E-state index contributed by atoms with van der Waals surface area (Å²) in [6, 6.07) is 4.37. The van der Waals surface area contributed by atoms with Crippen LogP contribution in [-0.2, 0) is 16.0 Å². The maximum atomic E-state index is 12.0. The molecule has 1 rings (SSSR count). The molecule has 1 atom stereocenters. The fourth-order valence-corrected chi connectivity index (χ4v) is 1.94. The van der Waals surface area contributed by atoms with Gasteiger partial charge in [0, 0.05) is 16.7 Å². The van der Waals surface area contributed by atoms with Gasteiger partial charge in [-0.1, -0.05) is 23.7 Å².